The Bertz CT molecular complexity index is 769. The molecule has 0 amide bonds. The standard InChI is InChI=1S/C9H12N2O11P2/c12-5-1-2-11(9(15)10-5)8-7(14)6(13)4(21-8)3-20-23(16)22-24(17,18)19/h1-2,4,6-8,13-14H,3H2,(H2-,10,12,15,17,18,19)/p+1/t4-,6-,7-,8-/m1/s1. The van der Waals surface area contributed by atoms with Crippen molar-refractivity contribution in [3.63, 3.8) is 0 Å². The lowest BCUT2D eigenvalue weighted by molar-refractivity contribution is -0.0517. The summed E-state index contributed by atoms with van der Waals surface area (Å²) >= 11 is 0. The summed E-state index contributed by atoms with van der Waals surface area (Å²) < 4.78 is 35.9. The molecule has 1 fully saturated rings. The van der Waals surface area contributed by atoms with Crippen molar-refractivity contribution in [3.05, 3.63) is 33.1 Å². The van der Waals surface area contributed by atoms with Gasteiger partial charge in [-0.05, 0) is 4.31 Å². The fraction of sp³-hybridized carbons (Fsp3) is 0.556. The van der Waals surface area contributed by atoms with Gasteiger partial charge in [-0.3, -0.25) is 14.3 Å². The van der Waals surface area contributed by atoms with Gasteiger partial charge >= 0.3 is 21.8 Å². The fourth-order valence-corrected chi connectivity index (χ4v) is 3.12. The molecule has 0 aromatic carbocycles. The van der Waals surface area contributed by atoms with Gasteiger partial charge in [0.2, 0.25) is 0 Å². The second-order valence-corrected chi connectivity index (χ2v) is 7.00. The third-order valence-corrected chi connectivity index (χ3v) is 4.72. The molecule has 24 heavy (non-hydrogen) atoms. The molecule has 1 unspecified atom stereocenters. The van der Waals surface area contributed by atoms with Crippen LogP contribution in [0.1, 0.15) is 6.23 Å². The maximum absolute atomic E-state index is 11.7. The number of hydrogen-bond donors (Lipinski definition) is 5. The Morgan fingerprint density at radius 3 is 2.58 bits per heavy atom. The highest BCUT2D eigenvalue weighted by Crippen LogP contribution is 2.48. The van der Waals surface area contributed by atoms with Gasteiger partial charge in [-0.25, -0.2) is 9.36 Å². The van der Waals surface area contributed by atoms with Crippen molar-refractivity contribution < 1.29 is 42.7 Å². The number of aliphatic hydroxyl groups is 2. The Balaban J connectivity index is 2.05. The molecule has 0 saturated carbocycles. The molecular formula is C9H13N2O11P2+. The van der Waals surface area contributed by atoms with Gasteiger partial charge < -0.3 is 24.7 Å². The number of H-pyrrole nitrogens is 1. The first-order valence-electron chi connectivity index (χ1n) is 6.27. The predicted molar refractivity (Wildman–Crippen MR) is 73.9 cm³/mol. The highest BCUT2D eigenvalue weighted by molar-refractivity contribution is 7.55. The van der Waals surface area contributed by atoms with Crippen LogP contribution >= 0.6 is 16.1 Å². The number of aromatic nitrogens is 2. The molecule has 0 radical (unpaired) electrons. The molecule has 2 rings (SSSR count). The summed E-state index contributed by atoms with van der Waals surface area (Å²) in [5.41, 5.74) is -1.56. The van der Waals surface area contributed by atoms with Gasteiger partial charge in [-0.2, -0.15) is 0 Å². The van der Waals surface area contributed by atoms with Crippen LogP contribution in [0.5, 0.6) is 0 Å². The summed E-state index contributed by atoms with van der Waals surface area (Å²) in [5.74, 6) is 0. The van der Waals surface area contributed by atoms with Crippen LogP contribution in [0.15, 0.2) is 21.9 Å². The van der Waals surface area contributed by atoms with Crippen LogP contribution in [0, 0.1) is 0 Å². The molecule has 1 aliphatic heterocycles. The topological polar surface area (TPSA) is 198 Å². The summed E-state index contributed by atoms with van der Waals surface area (Å²) in [5, 5.41) is 19.8. The summed E-state index contributed by atoms with van der Waals surface area (Å²) in [4.78, 5) is 41.5. The van der Waals surface area contributed by atoms with Crippen LogP contribution in [0.25, 0.3) is 0 Å². The van der Waals surface area contributed by atoms with Crippen molar-refractivity contribution in [2.75, 3.05) is 6.61 Å². The Labute approximate surface area is 133 Å². The lowest BCUT2D eigenvalue weighted by Gasteiger charge is -2.16. The van der Waals surface area contributed by atoms with E-state index in [1.54, 1.807) is 0 Å². The molecule has 1 saturated heterocycles. The summed E-state index contributed by atoms with van der Waals surface area (Å²) in [7, 11) is -8.22. The van der Waals surface area contributed by atoms with Crippen molar-refractivity contribution >= 4 is 16.1 Å². The SMILES string of the molecule is O=c1ccn([C@@H]2O[C@H](CO[P+](=O)OP(=O)(O)O)[C@@H](O)[C@H]2O)c(=O)[nH]1. The zero-order valence-corrected chi connectivity index (χ0v) is 13.4. The van der Waals surface area contributed by atoms with Gasteiger partial charge in [0.15, 0.2) is 6.23 Å². The van der Waals surface area contributed by atoms with Crippen molar-refractivity contribution in [1.29, 1.82) is 0 Å². The monoisotopic (exact) mass is 387 g/mol. The Morgan fingerprint density at radius 1 is 1.33 bits per heavy atom. The number of rotatable bonds is 6. The van der Waals surface area contributed by atoms with Gasteiger partial charge in [-0.1, -0.05) is 0 Å². The number of ether oxygens (including phenoxy) is 1. The molecule has 2 heterocycles. The number of phosphoric acid groups is 1. The van der Waals surface area contributed by atoms with Gasteiger partial charge in [-0.15, -0.1) is 4.52 Å². The first-order valence-corrected chi connectivity index (χ1v) is 8.89. The molecule has 5 N–H and O–H groups in total. The van der Waals surface area contributed by atoms with E-state index in [4.69, 9.17) is 14.5 Å². The van der Waals surface area contributed by atoms with E-state index >= 15 is 0 Å². The number of hydrogen-bond acceptors (Lipinski definition) is 9. The Hall–Kier alpha value is -1.27. The van der Waals surface area contributed by atoms with E-state index < -0.39 is 58.5 Å². The molecule has 13 nitrogen and oxygen atoms in total. The van der Waals surface area contributed by atoms with E-state index in [0.717, 1.165) is 16.8 Å². The van der Waals surface area contributed by atoms with E-state index in [-0.39, 0.29) is 0 Å². The van der Waals surface area contributed by atoms with Crippen LogP contribution < -0.4 is 11.2 Å². The normalized spacial score (nSPS) is 28.1. The van der Waals surface area contributed by atoms with Crippen LogP contribution in [0.4, 0.5) is 0 Å². The fourth-order valence-electron chi connectivity index (χ4n) is 1.97. The molecule has 15 heteroatoms. The molecular weight excluding hydrogens is 374 g/mol. The third-order valence-electron chi connectivity index (χ3n) is 2.98. The first-order chi connectivity index (χ1) is 11.1. The van der Waals surface area contributed by atoms with Gasteiger partial charge in [0.25, 0.3) is 5.56 Å². The Morgan fingerprint density at radius 2 is 2.00 bits per heavy atom. The average Bonchev–Trinajstić information content (AvgIpc) is 2.71. The molecule has 5 atom stereocenters. The molecule has 1 aromatic heterocycles. The second kappa shape index (κ2) is 7.31. The molecule has 0 bridgehead atoms. The highest BCUT2D eigenvalue weighted by Gasteiger charge is 2.46. The first kappa shape index (κ1) is 19.1. The van der Waals surface area contributed by atoms with Crippen LogP contribution in [0.2, 0.25) is 0 Å². The van der Waals surface area contributed by atoms with Crippen molar-refractivity contribution in [2.45, 2.75) is 24.5 Å². The minimum Gasteiger partial charge on any atom is -0.387 e. The second-order valence-electron chi connectivity index (χ2n) is 4.66. The molecule has 1 aromatic rings. The van der Waals surface area contributed by atoms with E-state index in [0.29, 0.717) is 0 Å². The molecule has 0 spiro atoms. The largest absolute Gasteiger partial charge is 0.708 e. The zero-order valence-electron chi connectivity index (χ0n) is 11.7. The molecule has 0 aliphatic carbocycles. The van der Waals surface area contributed by atoms with E-state index in [9.17, 15) is 28.9 Å². The number of aliphatic hydroxyl groups excluding tert-OH is 2. The predicted octanol–water partition coefficient (Wildman–Crippen LogP) is -2.06. The third kappa shape index (κ3) is 4.63. The van der Waals surface area contributed by atoms with Crippen LogP contribution in [-0.4, -0.2) is 54.5 Å². The Kier molecular flexibility index (Phi) is 5.81. The smallest absolute Gasteiger partial charge is 0.387 e. The minimum absolute atomic E-state index is 0.651. The molecule has 1 aliphatic rings. The highest BCUT2D eigenvalue weighted by atomic mass is 31.2. The summed E-state index contributed by atoms with van der Waals surface area (Å²) in [6.45, 7) is -0.651. The average molecular weight is 387 g/mol. The lowest BCUT2D eigenvalue weighted by Crippen LogP contribution is -2.37. The van der Waals surface area contributed by atoms with Crippen molar-refractivity contribution in [1.82, 2.24) is 9.55 Å². The van der Waals surface area contributed by atoms with E-state index in [1.165, 1.54) is 0 Å². The van der Waals surface area contributed by atoms with Gasteiger partial charge in [0.1, 0.15) is 24.9 Å². The zero-order chi connectivity index (χ0) is 18.1. The number of nitrogens with one attached hydrogen (secondary N) is 1. The van der Waals surface area contributed by atoms with Gasteiger partial charge in [0, 0.05) is 16.8 Å². The minimum atomic E-state index is -5.02. The summed E-state index contributed by atoms with van der Waals surface area (Å²) in [6.07, 6.45) is -4.74. The van der Waals surface area contributed by atoms with Crippen molar-refractivity contribution in [2.24, 2.45) is 0 Å². The van der Waals surface area contributed by atoms with Gasteiger partial charge in [0.05, 0.1) is 0 Å². The van der Waals surface area contributed by atoms with Crippen molar-refractivity contribution in [3.8, 4) is 0 Å². The number of aromatic amines is 1. The van der Waals surface area contributed by atoms with Crippen LogP contribution in [0.3, 0.4) is 0 Å². The van der Waals surface area contributed by atoms with E-state index in [1.807, 2.05) is 4.98 Å². The lowest BCUT2D eigenvalue weighted by atomic mass is 10.1. The number of nitrogens with zero attached hydrogens (tertiary/aromatic N) is 1. The quantitative estimate of drug-likeness (QED) is 0.336. The maximum Gasteiger partial charge on any atom is 0.708 e. The summed E-state index contributed by atoms with van der Waals surface area (Å²) in [6, 6.07) is 0.998. The maximum atomic E-state index is 11.7. The molecule has 134 valence electrons. The van der Waals surface area contributed by atoms with E-state index in [2.05, 4.69) is 8.83 Å². The van der Waals surface area contributed by atoms with Crippen LogP contribution in [-0.2, 0) is 22.7 Å².